The van der Waals surface area contributed by atoms with E-state index in [1.54, 1.807) is 11.8 Å². The highest BCUT2D eigenvalue weighted by atomic mass is 32.2. The van der Waals surface area contributed by atoms with E-state index in [1.165, 1.54) is 51.4 Å². The number of nitrogens with zero attached hydrogens (tertiary/aromatic N) is 3. The fourth-order valence-electron chi connectivity index (χ4n) is 3.54. The summed E-state index contributed by atoms with van der Waals surface area (Å²) in [5.74, 6) is 1.89. The van der Waals surface area contributed by atoms with E-state index in [0.29, 0.717) is 5.92 Å². The number of aryl methyl sites for hydroxylation is 1. The van der Waals surface area contributed by atoms with Crippen LogP contribution in [0.5, 0.6) is 0 Å². The molecule has 3 rings (SSSR count). The predicted octanol–water partition coefficient (Wildman–Crippen LogP) is 3.18. The van der Waals surface area contributed by atoms with E-state index >= 15 is 0 Å². The van der Waals surface area contributed by atoms with E-state index in [0.717, 1.165) is 30.5 Å². The van der Waals surface area contributed by atoms with E-state index in [-0.39, 0.29) is 11.2 Å². The highest BCUT2D eigenvalue weighted by Gasteiger charge is 2.22. The Kier molecular flexibility index (Phi) is 5.97. The number of amides is 1. The molecule has 1 aliphatic heterocycles. The smallest absolute Gasteiger partial charge is 0.233 e. The first kappa shape index (κ1) is 16.8. The van der Waals surface area contributed by atoms with Crippen LogP contribution in [0.1, 0.15) is 64.1 Å². The molecule has 1 aromatic rings. The first-order chi connectivity index (χ1) is 11.2. The van der Waals surface area contributed by atoms with Crippen LogP contribution in [0.2, 0.25) is 0 Å². The standard InChI is InChI=1S/C17H28N4OS/c1-13(16(22)18-12-14-8-4-2-5-9-14)23-17-20-19-15-10-6-3-7-11-21(15)17/h13-14H,2-12H2,1H3,(H,18,22). The summed E-state index contributed by atoms with van der Waals surface area (Å²) in [5, 5.41) is 12.5. The van der Waals surface area contributed by atoms with Crippen LogP contribution in [0, 0.1) is 5.92 Å². The third-order valence-electron chi connectivity index (χ3n) is 5.02. The highest BCUT2D eigenvalue weighted by Crippen LogP contribution is 2.26. The van der Waals surface area contributed by atoms with Gasteiger partial charge in [0.05, 0.1) is 5.25 Å². The minimum absolute atomic E-state index is 0.116. The Balaban J connectivity index is 1.51. The van der Waals surface area contributed by atoms with Crippen molar-refractivity contribution >= 4 is 17.7 Å². The molecule has 1 aliphatic carbocycles. The molecule has 0 bridgehead atoms. The van der Waals surface area contributed by atoms with E-state index in [9.17, 15) is 4.79 Å². The summed E-state index contributed by atoms with van der Waals surface area (Å²) in [6, 6.07) is 0. The van der Waals surface area contributed by atoms with Gasteiger partial charge in [-0.25, -0.2) is 0 Å². The van der Waals surface area contributed by atoms with Crippen molar-refractivity contribution in [2.24, 2.45) is 5.92 Å². The van der Waals surface area contributed by atoms with Crippen molar-refractivity contribution in [1.82, 2.24) is 20.1 Å². The highest BCUT2D eigenvalue weighted by molar-refractivity contribution is 8.00. The van der Waals surface area contributed by atoms with Gasteiger partial charge >= 0.3 is 0 Å². The quantitative estimate of drug-likeness (QED) is 0.839. The molecule has 6 heteroatoms. The molecule has 0 saturated heterocycles. The summed E-state index contributed by atoms with van der Waals surface area (Å²) in [4.78, 5) is 12.4. The minimum Gasteiger partial charge on any atom is -0.355 e. The van der Waals surface area contributed by atoms with Gasteiger partial charge in [-0.1, -0.05) is 37.4 Å². The number of hydrogen-bond acceptors (Lipinski definition) is 4. The average molecular weight is 337 g/mol. The normalized spacial score (nSPS) is 20.6. The van der Waals surface area contributed by atoms with Crippen molar-refractivity contribution in [2.75, 3.05) is 6.54 Å². The third kappa shape index (κ3) is 4.49. The second kappa shape index (κ2) is 8.18. The molecular weight excluding hydrogens is 308 g/mol. The molecule has 1 atom stereocenters. The van der Waals surface area contributed by atoms with Crippen molar-refractivity contribution in [3.8, 4) is 0 Å². The number of rotatable bonds is 5. The molecule has 1 aromatic heterocycles. The SMILES string of the molecule is CC(Sc1nnc2n1CCCCC2)C(=O)NCC1CCCCC1. The zero-order chi connectivity index (χ0) is 16.1. The maximum atomic E-state index is 12.4. The van der Waals surface area contributed by atoms with Crippen molar-refractivity contribution in [3.05, 3.63) is 5.82 Å². The third-order valence-corrected chi connectivity index (χ3v) is 6.10. The number of aromatic nitrogens is 3. The van der Waals surface area contributed by atoms with Crippen LogP contribution in [0.25, 0.3) is 0 Å². The van der Waals surface area contributed by atoms with Gasteiger partial charge in [-0.3, -0.25) is 4.79 Å². The van der Waals surface area contributed by atoms with E-state index in [1.807, 2.05) is 6.92 Å². The lowest BCUT2D eigenvalue weighted by Gasteiger charge is -2.22. The van der Waals surface area contributed by atoms with Crippen LogP contribution in [0.4, 0.5) is 0 Å². The largest absolute Gasteiger partial charge is 0.355 e. The van der Waals surface area contributed by atoms with Crippen molar-refractivity contribution in [2.45, 2.75) is 81.7 Å². The molecule has 0 radical (unpaired) electrons. The van der Waals surface area contributed by atoms with Crippen molar-refractivity contribution in [3.63, 3.8) is 0 Å². The predicted molar refractivity (Wildman–Crippen MR) is 92.5 cm³/mol. The second-order valence-electron chi connectivity index (χ2n) is 6.87. The summed E-state index contributed by atoms with van der Waals surface area (Å²) in [6.45, 7) is 3.79. The molecular formula is C17H28N4OS. The Morgan fingerprint density at radius 2 is 2.00 bits per heavy atom. The fraction of sp³-hybridized carbons (Fsp3) is 0.824. The number of hydrogen-bond donors (Lipinski definition) is 1. The average Bonchev–Trinajstić information content (AvgIpc) is 2.81. The van der Waals surface area contributed by atoms with Crippen LogP contribution < -0.4 is 5.32 Å². The monoisotopic (exact) mass is 336 g/mol. The minimum atomic E-state index is -0.116. The summed E-state index contributed by atoms with van der Waals surface area (Å²) in [6.07, 6.45) is 11.2. The van der Waals surface area contributed by atoms with Gasteiger partial charge in [-0.15, -0.1) is 10.2 Å². The molecule has 2 aliphatic rings. The van der Waals surface area contributed by atoms with Gasteiger partial charge in [0, 0.05) is 19.5 Å². The second-order valence-corrected chi connectivity index (χ2v) is 8.18. The summed E-state index contributed by atoms with van der Waals surface area (Å²) < 4.78 is 2.21. The van der Waals surface area contributed by atoms with Gasteiger partial charge in [0.15, 0.2) is 5.16 Å². The molecule has 1 amide bonds. The number of nitrogens with one attached hydrogen (secondary N) is 1. The summed E-state index contributed by atoms with van der Waals surface area (Å²) >= 11 is 1.55. The molecule has 1 unspecified atom stereocenters. The molecule has 0 aromatic carbocycles. The number of carbonyl (C=O) groups is 1. The van der Waals surface area contributed by atoms with Crippen molar-refractivity contribution < 1.29 is 4.79 Å². The lowest BCUT2D eigenvalue weighted by atomic mass is 9.89. The van der Waals surface area contributed by atoms with Gasteiger partial charge in [-0.05, 0) is 38.5 Å². The topological polar surface area (TPSA) is 59.8 Å². The fourth-order valence-corrected chi connectivity index (χ4v) is 4.46. The Bertz CT molecular complexity index is 525. The molecule has 128 valence electrons. The lowest BCUT2D eigenvalue weighted by Crippen LogP contribution is -2.35. The van der Waals surface area contributed by atoms with Gasteiger partial charge < -0.3 is 9.88 Å². The number of carbonyl (C=O) groups excluding carboxylic acids is 1. The maximum Gasteiger partial charge on any atom is 0.233 e. The first-order valence-electron chi connectivity index (χ1n) is 9.10. The molecule has 23 heavy (non-hydrogen) atoms. The molecule has 2 heterocycles. The van der Waals surface area contributed by atoms with Crippen LogP contribution in [0.3, 0.4) is 0 Å². The van der Waals surface area contributed by atoms with Crippen molar-refractivity contribution in [1.29, 1.82) is 0 Å². The van der Waals surface area contributed by atoms with E-state index < -0.39 is 0 Å². The lowest BCUT2D eigenvalue weighted by molar-refractivity contribution is -0.120. The zero-order valence-corrected chi connectivity index (χ0v) is 14.9. The molecule has 0 spiro atoms. The maximum absolute atomic E-state index is 12.4. The van der Waals surface area contributed by atoms with Gasteiger partial charge in [0.25, 0.3) is 0 Å². The Morgan fingerprint density at radius 3 is 2.83 bits per heavy atom. The van der Waals surface area contributed by atoms with Gasteiger partial charge in [0.1, 0.15) is 5.82 Å². The van der Waals surface area contributed by atoms with Crippen LogP contribution in [-0.2, 0) is 17.8 Å². The number of thioether (sulfide) groups is 1. The van der Waals surface area contributed by atoms with Crippen LogP contribution >= 0.6 is 11.8 Å². The summed E-state index contributed by atoms with van der Waals surface area (Å²) in [7, 11) is 0. The first-order valence-corrected chi connectivity index (χ1v) is 9.98. The Hall–Kier alpha value is -1.04. The van der Waals surface area contributed by atoms with E-state index in [4.69, 9.17) is 0 Å². The Morgan fingerprint density at radius 1 is 1.22 bits per heavy atom. The molecule has 1 fully saturated rings. The van der Waals surface area contributed by atoms with Gasteiger partial charge in [0.2, 0.25) is 5.91 Å². The number of fused-ring (bicyclic) bond motifs is 1. The molecule has 5 nitrogen and oxygen atoms in total. The van der Waals surface area contributed by atoms with Gasteiger partial charge in [-0.2, -0.15) is 0 Å². The molecule has 1 N–H and O–H groups in total. The summed E-state index contributed by atoms with van der Waals surface area (Å²) in [5.41, 5.74) is 0. The Labute approximate surface area is 143 Å². The zero-order valence-electron chi connectivity index (χ0n) is 14.1. The molecule has 1 saturated carbocycles. The van der Waals surface area contributed by atoms with E-state index in [2.05, 4.69) is 20.1 Å². The van der Waals surface area contributed by atoms with Crippen LogP contribution in [-0.4, -0.2) is 32.5 Å². The van der Waals surface area contributed by atoms with Crippen LogP contribution in [0.15, 0.2) is 5.16 Å².